The van der Waals surface area contributed by atoms with E-state index in [0.29, 0.717) is 54.7 Å². The van der Waals surface area contributed by atoms with Crippen LogP contribution in [0.2, 0.25) is 5.02 Å². The van der Waals surface area contributed by atoms with Crippen LogP contribution in [0.3, 0.4) is 0 Å². The summed E-state index contributed by atoms with van der Waals surface area (Å²) in [6.45, 7) is 1.13. The van der Waals surface area contributed by atoms with Gasteiger partial charge >= 0.3 is 0 Å². The van der Waals surface area contributed by atoms with Crippen LogP contribution in [-0.4, -0.2) is 34.1 Å². The number of aryl methyl sites for hydroxylation is 1. The van der Waals surface area contributed by atoms with E-state index in [1.165, 1.54) is 6.07 Å². The van der Waals surface area contributed by atoms with Gasteiger partial charge < -0.3 is 14.8 Å². The molecule has 2 aromatic rings. The summed E-state index contributed by atoms with van der Waals surface area (Å²) in [6.07, 6.45) is 1.34. The second kappa shape index (κ2) is 7.62. The molecule has 2 N–H and O–H groups in total. The monoisotopic (exact) mass is 422 g/mol. The zero-order valence-electron chi connectivity index (χ0n) is 15.0. The second-order valence-electron chi connectivity index (χ2n) is 6.62. The topological polar surface area (TPSA) is 93.7 Å². The molecule has 0 saturated carbocycles. The molecule has 0 aromatic heterocycles. The summed E-state index contributed by atoms with van der Waals surface area (Å²) in [4.78, 5) is 11.6. The molecule has 0 atom stereocenters. The number of amides is 1. The molecule has 2 aliphatic heterocycles. The third-order valence-corrected chi connectivity index (χ3v) is 6.38. The summed E-state index contributed by atoms with van der Waals surface area (Å²) >= 11 is 6.22. The molecule has 0 saturated heterocycles. The number of hydrogen-bond acceptors (Lipinski definition) is 5. The molecule has 7 nitrogen and oxygen atoms in total. The Bertz CT molecular complexity index is 1040. The molecule has 4 rings (SSSR count). The van der Waals surface area contributed by atoms with E-state index in [2.05, 4.69) is 10.0 Å². The predicted octanol–water partition coefficient (Wildman–Crippen LogP) is 2.52. The number of fused-ring (bicyclic) bond motifs is 2. The Kier molecular flexibility index (Phi) is 5.18. The van der Waals surface area contributed by atoms with Crippen molar-refractivity contribution in [2.24, 2.45) is 0 Å². The van der Waals surface area contributed by atoms with Crippen molar-refractivity contribution in [1.29, 1.82) is 0 Å². The minimum absolute atomic E-state index is 0.0562. The summed E-state index contributed by atoms with van der Waals surface area (Å²) in [5.74, 6) is 1.05. The van der Waals surface area contributed by atoms with Crippen molar-refractivity contribution in [1.82, 2.24) is 4.72 Å². The lowest BCUT2D eigenvalue weighted by atomic mass is 10.0. The van der Waals surface area contributed by atoms with E-state index in [-0.39, 0.29) is 17.3 Å². The maximum Gasteiger partial charge on any atom is 0.240 e. The van der Waals surface area contributed by atoms with Gasteiger partial charge in [-0.25, -0.2) is 13.1 Å². The molecule has 9 heteroatoms. The first-order valence-electron chi connectivity index (χ1n) is 8.93. The van der Waals surface area contributed by atoms with Crippen molar-refractivity contribution in [2.75, 3.05) is 25.1 Å². The summed E-state index contributed by atoms with van der Waals surface area (Å²) in [6, 6.07) is 8.30. The standard InChI is InChI=1S/C19H19ClN2O5S/c20-15-9-12(10-17-19(15)27-8-7-26-17)5-6-21-28(24,25)14-2-3-16-13(11-14)1-4-18(23)22-16/h2-3,9-11,21H,1,4-8H2,(H,22,23). The van der Waals surface area contributed by atoms with Gasteiger partial charge in [-0.15, -0.1) is 0 Å². The SMILES string of the molecule is O=C1CCc2cc(S(=O)(=O)NCCc3cc(Cl)c4c(c3)OCCO4)ccc2N1. The number of halogens is 1. The summed E-state index contributed by atoms with van der Waals surface area (Å²) < 4.78 is 38.8. The van der Waals surface area contributed by atoms with Gasteiger partial charge in [0.25, 0.3) is 0 Å². The van der Waals surface area contributed by atoms with Gasteiger partial charge in [0.05, 0.1) is 9.92 Å². The fourth-order valence-electron chi connectivity index (χ4n) is 3.25. The first-order valence-corrected chi connectivity index (χ1v) is 10.8. The predicted molar refractivity (Wildman–Crippen MR) is 105 cm³/mol. The Morgan fingerprint density at radius 2 is 1.93 bits per heavy atom. The molecular formula is C19H19ClN2O5S. The van der Waals surface area contributed by atoms with Gasteiger partial charge in [-0.3, -0.25) is 4.79 Å². The molecular weight excluding hydrogens is 404 g/mol. The van der Waals surface area contributed by atoms with Gasteiger partial charge in [0.2, 0.25) is 15.9 Å². The quantitative estimate of drug-likeness (QED) is 0.772. The Morgan fingerprint density at radius 3 is 2.79 bits per heavy atom. The number of sulfonamides is 1. The lowest BCUT2D eigenvalue weighted by Crippen LogP contribution is -2.27. The van der Waals surface area contributed by atoms with E-state index >= 15 is 0 Å². The van der Waals surface area contributed by atoms with E-state index < -0.39 is 10.0 Å². The molecule has 0 radical (unpaired) electrons. The maximum atomic E-state index is 12.6. The van der Waals surface area contributed by atoms with Gasteiger partial charge in [0.1, 0.15) is 13.2 Å². The normalized spacial score (nSPS) is 15.7. The number of carbonyl (C=O) groups is 1. The first kappa shape index (κ1) is 19.0. The van der Waals surface area contributed by atoms with E-state index in [1.807, 2.05) is 6.07 Å². The lowest BCUT2D eigenvalue weighted by Gasteiger charge is -2.20. The van der Waals surface area contributed by atoms with E-state index in [9.17, 15) is 13.2 Å². The zero-order chi connectivity index (χ0) is 19.7. The molecule has 0 aliphatic carbocycles. The average molecular weight is 423 g/mol. The van der Waals surface area contributed by atoms with Crippen LogP contribution in [0, 0.1) is 0 Å². The van der Waals surface area contributed by atoms with Crippen LogP contribution in [0.15, 0.2) is 35.2 Å². The Labute approximate surface area is 168 Å². The van der Waals surface area contributed by atoms with Crippen molar-refractivity contribution >= 4 is 33.2 Å². The van der Waals surface area contributed by atoms with Crippen LogP contribution in [0.4, 0.5) is 5.69 Å². The largest absolute Gasteiger partial charge is 0.486 e. The number of carbonyl (C=O) groups excluding carboxylic acids is 1. The maximum absolute atomic E-state index is 12.6. The van der Waals surface area contributed by atoms with Crippen LogP contribution in [-0.2, 0) is 27.7 Å². The third kappa shape index (κ3) is 3.94. The highest BCUT2D eigenvalue weighted by Gasteiger charge is 2.20. The van der Waals surface area contributed by atoms with Gasteiger partial charge in [0.15, 0.2) is 11.5 Å². The van der Waals surface area contributed by atoms with Gasteiger partial charge in [-0.2, -0.15) is 0 Å². The van der Waals surface area contributed by atoms with Crippen LogP contribution in [0.25, 0.3) is 0 Å². The highest BCUT2D eigenvalue weighted by Crippen LogP contribution is 2.38. The number of ether oxygens (including phenoxy) is 2. The minimum atomic E-state index is -3.66. The molecule has 0 bridgehead atoms. The highest BCUT2D eigenvalue weighted by atomic mass is 35.5. The van der Waals surface area contributed by atoms with Crippen LogP contribution >= 0.6 is 11.6 Å². The number of anilines is 1. The van der Waals surface area contributed by atoms with Crippen LogP contribution in [0.1, 0.15) is 17.5 Å². The van der Waals surface area contributed by atoms with Gasteiger partial charge in [-0.1, -0.05) is 11.6 Å². The highest BCUT2D eigenvalue weighted by molar-refractivity contribution is 7.89. The summed E-state index contributed by atoms with van der Waals surface area (Å²) in [7, 11) is -3.66. The summed E-state index contributed by atoms with van der Waals surface area (Å²) in [5.41, 5.74) is 2.34. The van der Waals surface area contributed by atoms with Crippen LogP contribution in [0.5, 0.6) is 11.5 Å². The van der Waals surface area contributed by atoms with Crippen molar-refractivity contribution in [3.05, 3.63) is 46.5 Å². The first-order chi connectivity index (χ1) is 13.4. The average Bonchev–Trinajstić information content (AvgIpc) is 2.67. The molecule has 2 aliphatic rings. The van der Waals surface area contributed by atoms with Crippen LogP contribution < -0.4 is 19.5 Å². The molecule has 1 amide bonds. The summed E-state index contributed by atoms with van der Waals surface area (Å²) in [5, 5.41) is 3.20. The van der Waals surface area contributed by atoms with E-state index in [0.717, 1.165) is 11.1 Å². The molecule has 0 fully saturated rings. The fraction of sp³-hybridized carbons (Fsp3) is 0.316. The second-order valence-corrected chi connectivity index (χ2v) is 8.79. The molecule has 2 heterocycles. The third-order valence-electron chi connectivity index (χ3n) is 4.64. The number of rotatable bonds is 5. The molecule has 2 aromatic carbocycles. The van der Waals surface area contributed by atoms with E-state index in [1.54, 1.807) is 18.2 Å². The van der Waals surface area contributed by atoms with Crippen molar-refractivity contribution < 1.29 is 22.7 Å². The number of hydrogen-bond donors (Lipinski definition) is 2. The van der Waals surface area contributed by atoms with E-state index in [4.69, 9.17) is 21.1 Å². The molecule has 28 heavy (non-hydrogen) atoms. The molecule has 0 spiro atoms. The number of benzene rings is 2. The fourth-order valence-corrected chi connectivity index (χ4v) is 4.62. The Morgan fingerprint density at radius 1 is 1.11 bits per heavy atom. The van der Waals surface area contributed by atoms with Crippen molar-refractivity contribution in [3.8, 4) is 11.5 Å². The smallest absolute Gasteiger partial charge is 0.240 e. The van der Waals surface area contributed by atoms with Crippen molar-refractivity contribution in [2.45, 2.75) is 24.2 Å². The lowest BCUT2D eigenvalue weighted by molar-refractivity contribution is -0.116. The molecule has 148 valence electrons. The number of nitrogens with one attached hydrogen (secondary N) is 2. The van der Waals surface area contributed by atoms with Gasteiger partial charge in [0, 0.05) is 18.7 Å². The molecule has 0 unspecified atom stereocenters. The van der Waals surface area contributed by atoms with Gasteiger partial charge in [-0.05, 0) is 54.3 Å². The minimum Gasteiger partial charge on any atom is -0.486 e. The van der Waals surface area contributed by atoms with Crippen molar-refractivity contribution in [3.63, 3.8) is 0 Å². The zero-order valence-corrected chi connectivity index (χ0v) is 16.5. The Hall–Kier alpha value is -2.29. The Balaban J connectivity index is 1.43.